The number of hydrogen-bond acceptors (Lipinski definition) is 0. The maximum Gasteiger partial charge on any atom is 0.0135 e. The Hall–Kier alpha value is -0.0400. The fourth-order valence-corrected chi connectivity index (χ4v) is 2.04. The van der Waals surface area contributed by atoms with Crippen LogP contribution in [-0.4, -0.2) is 0 Å². The quantitative estimate of drug-likeness (QED) is 0.544. The van der Waals surface area contributed by atoms with Gasteiger partial charge in [-0.1, -0.05) is 34.2 Å². The summed E-state index contributed by atoms with van der Waals surface area (Å²) in [5.74, 6) is 1.76. The monoisotopic (exact) mass is 184 g/mol. The van der Waals surface area contributed by atoms with Crippen LogP contribution in [0.3, 0.4) is 0 Å². The van der Waals surface area contributed by atoms with E-state index < -0.39 is 0 Å². The number of hydrogen-bond donors (Lipinski definition) is 0. The van der Waals surface area contributed by atoms with Crippen molar-refractivity contribution >= 4 is 15.9 Å². The molecule has 0 aliphatic heterocycles. The molecule has 0 aromatic heterocycles. The minimum Gasteiger partial charge on any atom is -0.0803 e. The highest BCUT2D eigenvalue weighted by Gasteiger charge is 2.26. The molecule has 3 aliphatic rings. The van der Waals surface area contributed by atoms with Crippen molar-refractivity contribution in [1.29, 1.82) is 0 Å². The number of halogens is 1. The summed E-state index contributed by atoms with van der Waals surface area (Å²) in [6.45, 7) is 0. The van der Waals surface area contributed by atoms with Crippen LogP contribution in [0.1, 0.15) is 12.8 Å². The van der Waals surface area contributed by atoms with Gasteiger partial charge >= 0.3 is 0 Å². The number of allylic oxidation sites excluding steroid dienone is 4. The minimum atomic E-state index is 0.874. The standard InChI is InChI=1S/C8H9Br/c9-8-2-1-6-3-7(4-6)5-8/h1-2,5-7H,3-4H2. The Labute approximate surface area is 63.8 Å². The van der Waals surface area contributed by atoms with Gasteiger partial charge in [0.1, 0.15) is 0 Å². The van der Waals surface area contributed by atoms with Gasteiger partial charge < -0.3 is 0 Å². The van der Waals surface area contributed by atoms with E-state index in [-0.39, 0.29) is 0 Å². The van der Waals surface area contributed by atoms with Gasteiger partial charge in [-0.3, -0.25) is 0 Å². The summed E-state index contributed by atoms with van der Waals surface area (Å²) in [6.07, 6.45) is 9.57. The largest absolute Gasteiger partial charge is 0.0803 e. The number of fused-ring (bicyclic) bond motifs is 1. The van der Waals surface area contributed by atoms with Crippen molar-refractivity contribution in [3.05, 3.63) is 22.7 Å². The van der Waals surface area contributed by atoms with E-state index in [1.54, 1.807) is 0 Å². The van der Waals surface area contributed by atoms with Crippen LogP contribution in [0.25, 0.3) is 0 Å². The predicted octanol–water partition coefficient (Wildman–Crippen LogP) is 2.86. The molecule has 1 fully saturated rings. The van der Waals surface area contributed by atoms with Crippen LogP contribution in [0, 0.1) is 11.8 Å². The Bertz CT molecular complexity index is 173. The van der Waals surface area contributed by atoms with Crippen molar-refractivity contribution in [2.45, 2.75) is 12.8 Å². The molecule has 0 saturated heterocycles. The fraction of sp³-hybridized carbons (Fsp3) is 0.500. The van der Waals surface area contributed by atoms with Crippen LogP contribution in [0.2, 0.25) is 0 Å². The zero-order valence-corrected chi connectivity index (χ0v) is 6.76. The highest BCUT2D eigenvalue weighted by Crippen LogP contribution is 2.39. The first-order valence-corrected chi connectivity index (χ1v) is 4.19. The van der Waals surface area contributed by atoms with Gasteiger partial charge in [-0.05, 0) is 24.7 Å². The zero-order valence-electron chi connectivity index (χ0n) is 5.18. The third-order valence-corrected chi connectivity index (χ3v) is 2.66. The van der Waals surface area contributed by atoms with Crippen LogP contribution in [0.15, 0.2) is 22.7 Å². The first kappa shape index (κ1) is 5.72. The molecule has 48 valence electrons. The van der Waals surface area contributed by atoms with Crippen molar-refractivity contribution < 1.29 is 0 Å². The van der Waals surface area contributed by atoms with Crippen LogP contribution < -0.4 is 0 Å². The van der Waals surface area contributed by atoms with E-state index in [0.717, 1.165) is 11.8 Å². The van der Waals surface area contributed by atoms with E-state index in [0.29, 0.717) is 0 Å². The molecule has 0 spiro atoms. The zero-order chi connectivity index (χ0) is 6.27. The lowest BCUT2D eigenvalue weighted by molar-refractivity contribution is 0.298. The van der Waals surface area contributed by atoms with Crippen molar-refractivity contribution in [2.75, 3.05) is 0 Å². The molecule has 0 unspecified atom stereocenters. The number of rotatable bonds is 0. The molecule has 0 N–H and O–H groups in total. The van der Waals surface area contributed by atoms with Gasteiger partial charge in [0.2, 0.25) is 0 Å². The van der Waals surface area contributed by atoms with Crippen LogP contribution in [-0.2, 0) is 0 Å². The van der Waals surface area contributed by atoms with Crippen molar-refractivity contribution in [1.82, 2.24) is 0 Å². The molecule has 0 nitrogen and oxygen atoms in total. The van der Waals surface area contributed by atoms with Crippen molar-refractivity contribution in [3.63, 3.8) is 0 Å². The summed E-state index contributed by atoms with van der Waals surface area (Å²) in [5, 5.41) is 0. The molecule has 0 atom stereocenters. The first-order chi connectivity index (χ1) is 4.34. The van der Waals surface area contributed by atoms with Crippen molar-refractivity contribution in [3.8, 4) is 0 Å². The smallest absolute Gasteiger partial charge is 0.0135 e. The lowest BCUT2D eigenvalue weighted by Gasteiger charge is -2.29. The van der Waals surface area contributed by atoms with Gasteiger partial charge in [0.15, 0.2) is 0 Å². The maximum absolute atomic E-state index is 3.48. The second-order valence-electron chi connectivity index (χ2n) is 2.90. The Kier molecular flexibility index (Phi) is 1.26. The molecule has 3 aliphatic carbocycles. The first-order valence-electron chi connectivity index (χ1n) is 3.40. The van der Waals surface area contributed by atoms with E-state index in [9.17, 15) is 0 Å². The SMILES string of the molecule is BrC1=CC2CC(C=C1)C2. The molecule has 3 rings (SSSR count). The van der Waals surface area contributed by atoms with Gasteiger partial charge in [0.25, 0.3) is 0 Å². The van der Waals surface area contributed by atoms with Crippen LogP contribution in [0.5, 0.6) is 0 Å². The Morgan fingerprint density at radius 2 is 2.11 bits per heavy atom. The molecular weight excluding hydrogens is 176 g/mol. The Balaban J connectivity index is 2.25. The second-order valence-corrected chi connectivity index (χ2v) is 3.82. The van der Waals surface area contributed by atoms with E-state index in [4.69, 9.17) is 0 Å². The summed E-state index contributed by atoms with van der Waals surface area (Å²) in [6, 6.07) is 0. The lowest BCUT2D eigenvalue weighted by atomic mass is 9.76. The third kappa shape index (κ3) is 0.983. The summed E-state index contributed by atoms with van der Waals surface area (Å²) in [5.41, 5.74) is 0. The highest BCUT2D eigenvalue weighted by molar-refractivity contribution is 9.11. The van der Waals surface area contributed by atoms with Crippen LogP contribution >= 0.6 is 15.9 Å². The van der Waals surface area contributed by atoms with E-state index in [1.165, 1.54) is 17.3 Å². The summed E-state index contributed by atoms with van der Waals surface area (Å²) in [7, 11) is 0. The molecule has 2 bridgehead atoms. The molecule has 0 aromatic rings. The highest BCUT2D eigenvalue weighted by atomic mass is 79.9. The normalized spacial score (nSPS) is 39.0. The van der Waals surface area contributed by atoms with E-state index in [2.05, 4.69) is 34.2 Å². The molecule has 1 heteroatoms. The summed E-state index contributed by atoms with van der Waals surface area (Å²) in [4.78, 5) is 0. The van der Waals surface area contributed by atoms with Gasteiger partial charge in [0, 0.05) is 4.48 Å². The molecular formula is C8H9Br. The van der Waals surface area contributed by atoms with Gasteiger partial charge in [-0.15, -0.1) is 0 Å². The lowest BCUT2D eigenvalue weighted by Crippen LogP contribution is -2.18. The molecule has 0 amide bonds. The third-order valence-electron chi connectivity index (χ3n) is 2.13. The van der Waals surface area contributed by atoms with Gasteiger partial charge in [-0.25, -0.2) is 0 Å². The van der Waals surface area contributed by atoms with E-state index >= 15 is 0 Å². The minimum absolute atomic E-state index is 0.874. The summed E-state index contributed by atoms with van der Waals surface area (Å²) >= 11 is 3.48. The average Bonchev–Trinajstić information content (AvgIpc) is 1.93. The molecule has 0 aromatic carbocycles. The van der Waals surface area contributed by atoms with Crippen molar-refractivity contribution in [2.24, 2.45) is 11.8 Å². The molecule has 0 radical (unpaired) electrons. The van der Waals surface area contributed by atoms with Gasteiger partial charge in [-0.2, -0.15) is 0 Å². The summed E-state index contributed by atoms with van der Waals surface area (Å²) < 4.78 is 1.27. The topological polar surface area (TPSA) is 0 Å². The molecule has 9 heavy (non-hydrogen) atoms. The molecule has 0 heterocycles. The average molecular weight is 185 g/mol. The van der Waals surface area contributed by atoms with Crippen LogP contribution in [0.4, 0.5) is 0 Å². The van der Waals surface area contributed by atoms with Gasteiger partial charge in [0.05, 0.1) is 0 Å². The molecule has 1 saturated carbocycles. The van der Waals surface area contributed by atoms with E-state index in [1.807, 2.05) is 0 Å². The Morgan fingerprint density at radius 1 is 1.33 bits per heavy atom. The Morgan fingerprint density at radius 3 is 2.89 bits per heavy atom. The second kappa shape index (κ2) is 1.98. The predicted molar refractivity (Wildman–Crippen MR) is 42.4 cm³/mol. The fourth-order valence-electron chi connectivity index (χ4n) is 1.51. The maximum atomic E-state index is 3.48.